The summed E-state index contributed by atoms with van der Waals surface area (Å²) in [6.07, 6.45) is 2.10. The van der Waals surface area contributed by atoms with E-state index in [4.69, 9.17) is 4.74 Å². The van der Waals surface area contributed by atoms with E-state index in [0.717, 1.165) is 67.0 Å². The Morgan fingerprint density at radius 3 is 2.54 bits per heavy atom. The number of anilines is 3. The van der Waals surface area contributed by atoms with Gasteiger partial charge in [-0.25, -0.2) is 15.0 Å². The first-order valence-corrected chi connectivity index (χ1v) is 11.4. The second kappa shape index (κ2) is 10.7. The molecule has 0 spiro atoms. The minimum Gasteiger partial charge on any atom is -0.465 e. The van der Waals surface area contributed by atoms with Crippen LogP contribution in [0.15, 0.2) is 48.8 Å². The number of nitrogens with one attached hydrogen (secondary N) is 2. The number of carbonyl (C=O) groups is 1. The zero-order valence-corrected chi connectivity index (χ0v) is 19.2. The van der Waals surface area contributed by atoms with Gasteiger partial charge in [-0.1, -0.05) is 6.07 Å². The summed E-state index contributed by atoms with van der Waals surface area (Å²) in [4.78, 5) is 22.4. The van der Waals surface area contributed by atoms with E-state index in [0.29, 0.717) is 18.1 Å². The van der Waals surface area contributed by atoms with E-state index < -0.39 is 11.9 Å². The highest BCUT2D eigenvalue weighted by atomic mass is 19.4. The summed E-state index contributed by atoms with van der Waals surface area (Å²) in [7, 11) is 0. The zero-order chi connectivity index (χ0) is 24.8. The molecule has 0 amide bonds. The number of benzene rings is 1. The van der Waals surface area contributed by atoms with Gasteiger partial charge in [0.25, 0.3) is 6.47 Å². The normalized spacial score (nSPS) is 18.1. The molecule has 0 radical (unpaired) electrons. The molecule has 0 unspecified atom stereocenters. The minimum absolute atomic E-state index is 0.0370. The molecular weight excluding hydrogens is 459 g/mol. The first kappa shape index (κ1) is 24.4. The Morgan fingerprint density at radius 2 is 1.86 bits per heavy atom. The van der Waals surface area contributed by atoms with Crippen LogP contribution in [-0.4, -0.2) is 34.1 Å². The molecule has 0 atom stereocenters. The van der Waals surface area contributed by atoms with E-state index in [-0.39, 0.29) is 12.1 Å². The number of aryl methyl sites for hydroxylation is 1. The second-order valence-electron chi connectivity index (χ2n) is 8.66. The maximum atomic E-state index is 12.9. The number of halogens is 3. The highest BCUT2D eigenvalue weighted by molar-refractivity contribution is 5.71. The fourth-order valence-electron chi connectivity index (χ4n) is 4.20. The van der Waals surface area contributed by atoms with E-state index in [1.807, 2.05) is 37.3 Å². The molecule has 1 fully saturated rings. The van der Waals surface area contributed by atoms with Crippen LogP contribution in [0.4, 0.5) is 30.6 Å². The third kappa shape index (κ3) is 6.68. The van der Waals surface area contributed by atoms with Crippen molar-refractivity contribution in [3.63, 3.8) is 0 Å². The van der Waals surface area contributed by atoms with Crippen LogP contribution < -0.4 is 10.6 Å². The predicted molar refractivity (Wildman–Crippen MR) is 126 cm³/mol. The van der Waals surface area contributed by atoms with Crippen molar-refractivity contribution < 1.29 is 22.7 Å². The van der Waals surface area contributed by atoms with Crippen molar-refractivity contribution in [3.05, 3.63) is 60.0 Å². The molecule has 2 N–H and O–H groups in total. The van der Waals surface area contributed by atoms with E-state index >= 15 is 0 Å². The maximum Gasteiger partial charge on any atom is 0.433 e. The van der Waals surface area contributed by atoms with Crippen LogP contribution in [0.3, 0.4) is 0 Å². The fourth-order valence-corrected chi connectivity index (χ4v) is 4.20. The number of rotatable bonds is 8. The molecule has 0 saturated heterocycles. The van der Waals surface area contributed by atoms with Crippen molar-refractivity contribution in [1.29, 1.82) is 0 Å². The lowest BCUT2D eigenvalue weighted by Crippen LogP contribution is -2.25. The third-order valence-electron chi connectivity index (χ3n) is 5.99. The summed E-state index contributed by atoms with van der Waals surface area (Å²) in [5.41, 5.74) is 2.24. The van der Waals surface area contributed by atoms with Crippen molar-refractivity contribution in [3.8, 4) is 11.1 Å². The Labute approximate surface area is 201 Å². The van der Waals surface area contributed by atoms with Gasteiger partial charge in [0.1, 0.15) is 17.6 Å². The molecule has 0 aliphatic heterocycles. The van der Waals surface area contributed by atoms with Gasteiger partial charge >= 0.3 is 6.18 Å². The molecule has 2 aromatic heterocycles. The van der Waals surface area contributed by atoms with Gasteiger partial charge in [0.15, 0.2) is 0 Å². The highest BCUT2D eigenvalue weighted by Gasteiger charge is 2.32. The average molecular weight is 486 g/mol. The van der Waals surface area contributed by atoms with Gasteiger partial charge in [-0.2, -0.15) is 13.2 Å². The Hall–Kier alpha value is -3.69. The van der Waals surface area contributed by atoms with Gasteiger partial charge in [-0.3, -0.25) is 4.79 Å². The molecule has 1 saturated carbocycles. The number of alkyl halides is 3. The van der Waals surface area contributed by atoms with Crippen molar-refractivity contribution in [1.82, 2.24) is 15.0 Å². The monoisotopic (exact) mass is 485 g/mol. The Morgan fingerprint density at radius 1 is 1.06 bits per heavy atom. The molecule has 1 aliphatic carbocycles. The summed E-state index contributed by atoms with van der Waals surface area (Å²) in [6.45, 7) is 3.23. The molecule has 1 aromatic carbocycles. The molecule has 0 bridgehead atoms. The minimum atomic E-state index is -4.54. The van der Waals surface area contributed by atoms with Crippen LogP contribution in [-0.2, 0) is 15.7 Å². The quantitative estimate of drug-likeness (QED) is 0.393. The zero-order valence-electron chi connectivity index (χ0n) is 19.2. The lowest BCUT2D eigenvalue weighted by atomic mass is 9.87. The first-order valence-electron chi connectivity index (χ1n) is 11.4. The predicted octanol–water partition coefficient (Wildman–Crippen LogP) is 5.75. The van der Waals surface area contributed by atoms with E-state index in [1.54, 1.807) is 6.20 Å². The lowest BCUT2D eigenvalue weighted by Gasteiger charge is -2.27. The van der Waals surface area contributed by atoms with Crippen LogP contribution in [0.5, 0.6) is 0 Å². The van der Waals surface area contributed by atoms with Crippen LogP contribution >= 0.6 is 0 Å². The summed E-state index contributed by atoms with van der Waals surface area (Å²) < 4.78 is 43.9. The SMILES string of the molecule is Cc1cc(Nc2nccc(C(F)(F)F)n2)cc(-c2ccc(NCC3CCC(OC=O)CC3)nc2)c1. The van der Waals surface area contributed by atoms with Crippen LogP contribution in [0.1, 0.15) is 36.9 Å². The Balaban J connectivity index is 1.39. The molecule has 1 aliphatic rings. The Kier molecular flexibility index (Phi) is 7.48. The summed E-state index contributed by atoms with van der Waals surface area (Å²) >= 11 is 0. The molecule has 10 heteroatoms. The van der Waals surface area contributed by atoms with Crippen molar-refractivity contribution in [2.24, 2.45) is 5.92 Å². The molecule has 35 heavy (non-hydrogen) atoms. The smallest absolute Gasteiger partial charge is 0.433 e. The highest BCUT2D eigenvalue weighted by Crippen LogP contribution is 2.30. The maximum absolute atomic E-state index is 12.9. The van der Waals surface area contributed by atoms with Crippen molar-refractivity contribution >= 4 is 23.9 Å². The molecular formula is C25H26F3N5O2. The van der Waals surface area contributed by atoms with Crippen LogP contribution in [0.25, 0.3) is 11.1 Å². The summed E-state index contributed by atoms with van der Waals surface area (Å²) in [5, 5.41) is 6.23. The largest absolute Gasteiger partial charge is 0.465 e. The molecule has 4 rings (SSSR count). The van der Waals surface area contributed by atoms with Gasteiger partial charge in [0, 0.05) is 30.2 Å². The number of nitrogens with zero attached hydrogens (tertiary/aromatic N) is 3. The number of hydrogen-bond acceptors (Lipinski definition) is 7. The van der Waals surface area contributed by atoms with Gasteiger partial charge in [-0.05, 0) is 80.0 Å². The molecule has 184 valence electrons. The molecule has 7 nitrogen and oxygen atoms in total. The number of carbonyl (C=O) groups excluding carboxylic acids is 1. The van der Waals surface area contributed by atoms with Crippen LogP contribution in [0.2, 0.25) is 0 Å². The van der Waals surface area contributed by atoms with Gasteiger partial charge in [0.2, 0.25) is 5.95 Å². The fraction of sp³-hybridized carbons (Fsp3) is 0.360. The van der Waals surface area contributed by atoms with Gasteiger partial charge in [-0.15, -0.1) is 0 Å². The molecule has 3 aromatic rings. The number of pyridine rings is 1. The van der Waals surface area contributed by atoms with Crippen LogP contribution in [0, 0.1) is 12.8 Å². The summed E-state index contributed by atoms with van der Waals surface area (Å²) in [6, 6.07) is 10.3. The third-order valence-corrected chi connectivity index (χ3v) is 5.99. The number of ether oxygens (including phenoxy) is 1. The summed E-state index contributed by atoms with van der Waals surface area (Å²) in [5.74, 6) is 1.15. The first-order chi connectivity index (χ1) is 16.8. The van der Waals surface area contributed by atoms with Gasteiger partial charge < -0.3 is 15.4 Å². The number of hydrogen-bond donors (Lipinski definition) is 2. The Bertz CT molecular complexity index is 1150. The standard InChI is InChI=1S/C25H26F3N5O2/c1-16-10-19(12-20(11-16)32-24-29-9-8-22(33-24)25(26,27)28)18-4-7-23(31-14-18)30-13-17-2-5-21(6-3-17)35-15-34/h4,7-12,14-15,17,21H,2-3,5-6,13H2,1H3,(H,30,31)(H,29,32,33). The van der Waals surface area contributed by atoms with E-state index in [9.17, 15) is 18.0 Å². The van der Waals surface area contributed by atoms with E-state index in [2.05, 4.69) is 25.6 Å². The van der Waals surface area contributed by atoms with Crippen molar-refractivity contribution in [2.75, 3.05) is 17.2 Å². The second-order valence-corrected chi connectivity index (χ2v) is 8.66. The molecule has 2 heterocycles. The van der Waals surface area contributed by atoms with Crippen molar-refractivity contribution in [2.45, 2.75) is 44.9 Å². The topological polar surface area (TPSA) is 89.0 Å². The average Bonchev–Trinajstić information content (AvgIpc) is 2.83. The number of aromatic nitrogens is 3. The van der Waals surface area contributed by atoms with E-state index in [1.165, 1.54) is 0 Å². The lowest BCUT2D eigenvalue weighted by molar-refractivity contribution is -0.141. The van der Waals surface area contributed by atoms with Gasteiger partial charge in [0.05, 0.1) is 0 Å².